The second-order valence-corrected chi connectivity index (χ2v) is 4.21. The van der Waals surface area contributed by atoms with E-state index in [1.54, 1.807) is 0 Å². The molecule has 0 spiro atoms. The van der Waals surface area contributed by atoms with E-state index < -0.39 is 0 Å². The summed E-state index contributed by atoms with van der Waals surface area (Å²) >= 11 is 1.29. The van der Waals surface area contributed by atoms with Crippen molar-refractivity contribution in [2.24, 2.45) is 4.99 Å². The normalized spacial score (nSPS) is 14.8. The lowest BCUT2D eigenvalue weighted by Gasteiger charge is -2.19. The molecule has 0 fully saturated rings. The summed E-state index contributed by atoms with van der Waals surface area (Å²) < 4.78 is 0. The SMILES string of the molecule is CC(=O)N(C1=NC(=O)CS1)c1ccccc1. The van der Waals surface area contributed by atoms with Crippen molar-refractivity contribution in [2.75, 3.05) is 10.7 Å². The minimum absolute atomic E-state index is 0.146. The molecule has 4 nitrogen and oxygen atoms in total. The standard InChI is InChI=1S/C11H10N2O2S/c1-8(14)13(9-5-3-2-4-6-9)11-12-10(15)7-16-11/h2-6H,7H2,1H3. The molecule has 1 heterocycles. The van der Waals surface area contributed by atoms with Crippen LogP contribution < -0.4 is 4.90 Å². The average molecular weight is 234 g/mol. The maximum absolute atomic E-state index is 11.6. The number of para-hydroxylation sites is 1. The molecular formula is C11H10N2O2S. The molecule has 1 aromatic rings. The van der Waals surface area contributed by atoms with Crippen molar-refractivity contribution >= 4 is 34.4 Å². The van der Waals surface area contributed by atoms with Crippen molar-refractivity contribution < 1.29 is 9.59 Å². The Bertz CT molecular complexity index is 456. The van der Waals surface area contributed by atoms with Gasteiger partial charge in [0.15, 0.2) is 5.17 Å². The lowest BCUT2D eigenvalue weighted by atomic mass is 10.3. The Balaban J connectivity index is 2.36. The molecule has 0 aromatic heterocycles. The van der Waals surface area contributed by atoms with Gasteiger partial charge in [-0.15, -0.1) is 0 Å². The summed E-state index contributed by atoms with van der Waals surface area (Å²) in [4.78, 5) is 27.9. The zero-order valence-electron chi connectivity index (χ0n) is 8.71. The lowest BCUT2D eigenvalue weighted by molar-refractivity contribution is -0.115. The Kier molecular flexibility index (Phi) is 3.05. The number of rotatable bonds is 1. The summed E-state index contributed by atoms with van der Waals surface area (Å²) in [6.45, 7) is 1.46. The number of aliphatic imine (C=N–C) groups is 1. The van der Waals surface area contributed by atoms with Crippen LogP contribution in [0.15, 0.2) is 35.3 Å². The summed E-state index contributed by atoms with van der Waals surface area (Å²) in [5, 5.41) is 0.462. The highest BCUT2D eigenvalue weighted by Gasteiger charge is 2.24. The number of hydrogen-bond donors (Lipinski definition) is 0. The van der Waals surface area contributed by atoms with Gasteiger partial charge in [0.25, 0.3) is 5.91 Å². The van der Waals surface area contributed by atoms with Crippen molar-refractivity contribution in [2.45, 2.75) is 6.92 Å². The number of nitrogens with zero attached hydrogens (tertiary/aromatic N) is 2. The highest BCUT2D eigenvalue weighted by Crippen LogP contribution is 2.23. The number of carbonyl (C=O) groups is 2. The predicted molar refractivity (Wildman–Crippen MR) is 64.5 cm³/mol. The third kappa shape index (κ3) is 2.14. The van der Waals surface area contributed by atoms with Crippen molar-refractivity contribution in [1.29, 1.82) is 0 Å². The minimum atomic E-state index is -0.192. The van der Waals surface area contributed by atoms with Gasteiger partial charge >= 0.3 is 0 Å². The molecular weight excluding hydrogens is 224 g/mol. The molecule has 0 saturated carbocycles. The van der Waals surface area contributed by atoms with Crippen molar-refractivity contribution in [3.63, 3.8) is 0 Å². The molecule has 0 bridgehead atoms. The van der Waals surface area contributed by atoms with Crippen LogP contribution in [-0.4, -0.2) is 22.7 Å². The molecule has 5 heteroatoms. The second-order valence-electron chi connectivity index (χ2n) is 3.27. The monoisotopic (exact) mass is 234 g/mol. The zero-order chi connectivity index (χ0) is 11.5. The van der Waals surface area contributed by atoms with Crippen molar-refractivity contribution in [3.05, 3.63) is 30.3 Å². The van der Waals surface area contributed by atoms with E-state index in [4.69, 9.17) is 0 Å². The molecule has 82 valence electrons. The molecule has 0 atom stereocenters. The Hall–Kier alpha value is -1.62. The molecule has 0 radical (unpaired) electrons. The molecule has 2 rings (SSSR count). The number of hydrogen-bond acceptors (Lipinski definition) is 3. The molecule has 0 aliphatic carbocycles. The predicted octanol–water partition coefficient (Wildman–Crippen LogP) is 1.67. The molecule has 16 heavy (non-hydrogen) atoms. The van der Waals surface area contributed by atoms with Crippen LogP contribution in [0.3, 0.4) is 0 Å². The fraction of sp³-hybridized carbons (Fsp3) is 0.182. The van der Waals surface area contributed by atoms with Crippen molar-refractivity contribution in [1.82, 2.24) is 0 Å². The number of thioether (sulfide) groups is 1. The van der Waals surface area contributed by atoms with E-state index in [0.29, 0.717) is 10.9 Å². The number of anilines is 1. The Morgan fingerprint density at radius 2 is 2.06 bits per heavy atom. The summed E-state index contributed by atoms with van der Waals surface area (Å²) in [5.74, 6) is -0.0271. The van der Waals surface area contributed by atoms with E-state index in [2.05, 4.69) is 4.99 Å². The van der Waals surface area contributed by atoms with Gasteiger partial charge in [-0.05, 0) is 12.1 Å². The number of benzene rings is 1. The van der Waals surface area contributed by atoms with Crippen LogP contribution in [0.25, 0.3) is 0 Å². The van der Waals surface area contributed by atoms with Gasteiger partial charge in [0, 0.05) is 6.92 Å². The Morgan fingerprint density at radius 3 is 2.56 bits per heavy atom. The average Bonchev–Trinajstić information content (AvgIpc) is 2.66. The van der Waals surface area contributed by atoms with Crippen LogP contribution in [0.1, 0.15) is 6.92 Å². The quantitative estimate of drug-likeness (QED) is 0.742. The maximum Gasteiger partial charge on any atom is 0.258 e. The molecule has 1 aliphatic heterocycles. The first kappa shape index (κ1) is 10.9. The topological polar surface area (TPSA) is 49.7 Å². The van der Waals surface area contributed by atoms with Gasteiger partial charge in [-0.25, -0.2) is 0 Å². The molecule has 0 N–H and O–H groups in total. The summed E-state index contributed by atoms with van der Waals surface area (Å²) in [6, 6.07) is 9.18. The lowest BCUT2D eigenvalue weighted by Crippen LogP contribution is -2.32. The van der Waals surface area contributed by atoms with Gasteiger partial charge < -0.3 is 0 Å². The number of amides is 2. The van der Waals surface area contributed by atoms with Crippen LogP contribution in [0.2, 0.25) is 0 Å². The highest BCUT2D eigenvalue weighted by atomic mass is 32.2. The number of amidine groups is 1. The molecule has 1 aliphatic rings. The summed E-state index contributed by atoms with van der Waals surface area (Å²) in [7, 11) is 0. The molecule has 2 amide bonds. The van der Waals surface area contributed by atoms with Crippen LogP contribution in [-0.2, 0) is 9.59 Å². The zero-order valence-corrected chi connectivity index (χ0v) is 9.53. The number of carbonyl (C=O) groups excluding carboxylic acids is 2. The van der Waals surface area contributed by atoms with Crippen LogP contribution in [0.5, 0.6) is 0 Å². The largest absolute Gasteiger partial charge is 0.274 e. The van der Waals surface area contributed by atoms with Gasteiger partial charge in [-0.3, -0.25) is 14.5 Å². The van der Waals surface area contributed by atoms with E-state index in [9.17, 15) is 9.59 Å². The third-order valence-corrected chi connectivity index (χ3v) is 2.99. The van der Waals surface area contributed by atoms with E-state index in [0.717, 1.165) is 5.69 Å². The van der Waals surface area contributed by atoms with Crippen LogP contribution in [0.4, 0.5) is 5.69 Å². The second kappa shape index (κ2) is 4.49. The van der Waals surface area contributed by atoms with Gasteiger partial charge in [-0.2, -0.15) is 4.99 Å². The van der Waals surface area contributed by atoms with E-state index >= 15 is 0 Å². The molecule has 0 unspecified atom stereocenters. The van der Waals surface area contributed by atoms with Gasteiger partial charge in [0.05, 0.1) is 11.4 Å². The maximum atomic E-state index is 11.6. The smallest absolute Gasteiger partial charge is 0.258 e. The van der Waals surface area contributed by atoms with Crippen molar-refractivity contribution in [3.8, 4) is 0 Å². The van der Waals surface area contributed by atoms with E-state index in [-0.39, 0.29) is 11.8 Å². The van der Waals surface area contributed by atoms with Crippen LogP contribution >= 0.6 is 11.8 Å². The Morgan fingerprint density at radius 1 is 1.38 bits per heavy atom. The molecule has 0 saturated heterocycles. The fourth-order valence-corrected chi connectivity index (χ4v) is 2.26. The third-order valence-electron chi connectivity index (χ3n) is 2.07. The molecule has 1 aromatic carbocycles. The first-order chi connectivity index (χ1) is 7.68. The van der Waals surface area contributed by atoms with Gasteiger partial charge in [-0.1, -0.05) is 30.0 Å². The summed E-state index contributed by atoms with van der Waals surface area (Å²) in [6.07, 6.45) is 0. The first-order valence-corrected chi connectivity index (χ1v) is 5.77. The minimum Gasteiger partial charge on any atom is -0.274 e. The fourth-order valence-electron chi connectivity index (χ4n) is 1.42. The first-order valence-electron chi connectivity index (χ1n) is 4.78. The van der Waals surface area contributed by atoms with E-state index in [1.165, 1.54) is 23.6 Å². The summed E-state index contributed by atoms with van der Waals surface area (Å²) in [5.41, 5.74) is 0.732. The van der Waals surface area contributed by atoms with Gasteiger partial charge in [0.1, 0.15) is 0 Å². The van der Waals surface area contributed by atoms with Crippen LogP contribution in [0, 0.1) is 0 Å². The highest BCUT2D eigenvalue weighted by molar-refractivity contribution is 8.15. The van der Waals surface area contributed by atoms with E-state index in [1.807, 2.05) is 30.3 Å². The van der Waals surface area contributed by atoms with Gasteiger partial charge in [0.2, 0.25) is 5.91 Å². The Labute approximate surface area is 97.4 Å².